The molecule has 2 heterocycles. The maximum atomic E-state index is 11.5. The summed E-state index contributed by atoms with van der Waals surface area (Å²) in [5.74, 6) is 1.62. The van der Waals surface area contributed by atoms with Gasteiger partial charge in [0.2, 0.25) is 5.89 Å². The van der Waals surface area contributed by atoms with Gasteiger partial charge in [-0.25, -0.2) is 4.79 Å². The van der Waals surface area contributed by atoms with E-state index in [1.54, 1.807) is 12.1 Å². The van der Waals surface area contributed by atoms with Gasteiger partial charge >= 0.3 is 5.63 Å². The average Bonchev–Trinajstić information content (AvgIpc) is 3.14. The number of fused-ring (bicyclic) bond motifs is 1. The van der Waals surface area contributed by atoms with Gasteiger partial charge in [-0.3, -0.25) is 0 Å². The van der Waals surface area contributed by atoms with Crippen LogP contribution in [0.1, 0.15) is 5.56 Å². The fourth-order valence-electron chi connectivity index (χ4n) is 2.70. The first-order valence-electron chi connectivity index (χ1n) is 8.49. The second-order valence-electron chi connectivity index (χ2n) is 5.96. The van der Waals surface area contributed by atoms with Crippen LogP contribution in [0.3, 0.4) is 0 Å². The highest BCUT2D eigenvalue weighted by Gasteiger charge is 2.12. The summed E-state index contributed by atoms with van der Waals surface area (Å²) in [7, 11) is 0. The van der Waals surface area contributed by atoms with Crippen LogP contribution < -0.4 is 10.4 Å². The van der Waals surface area contributed by atoms with Crippen LogP contribution in [0.4, 0.5) is 0 Å². The Labute approximate surface area is 169 Å². The number of rotatable bonds is 6. The van der Waals surface area contributed by atoms with Gasteiger partial charge in [0.15, 0.2) is 0 Å². The number of hydrogen-bond donors (Lipinski definition) is 0. The van der Waals surface area contributed by atoms with Crippen LogP contribution in [-0.2, 0) is 0 Å². The van der Waals surface area contributed by atoms with Gasteiger partial charge in [0.25, 0.3) is 5.22 Å². The number of aryl methyl sites for hydroxylation is 1. The van der Waals surface area contributed by atoms with E-state index in [-0.39, 0.29) is 5.63 Å². The van der Waals surface area contributed by atoms with Gasteiger partial charge in [0.05, 0.1) is 17.2 Å². The molecule has 0 N–H and O–H groups in total. The minimum absolute atomic E-state index is 0.372. The average molecular weight is 415 g/mol. The second-order valence-corrected chi connectivity index (χ2v) is 7.41. The van der Waals surface area contributed by atoms with Crippen LogP contribution in [0.15, 0.2) is 67.4 Å². The maximum Gasteiger partial charge on any atom is 0.336 e. The number of nitrogens with zero attached hydrogens (tertiary/aromatic N) is 2. The molecule has 0 aliphatic heterocycles. The van der Waals surface area contributed by atoms with Crippen LogP contribution in [-0.4, -0.2) is 22.6 Å². The van der Waals surface area contributed by atoms with Gasteiger partial charge in [0.1, 0.15) is 11.3 Å². The zero-order chi connectivity index (χ0) is 19.5. The fourth-order valence-corrected chi connectivity index (χ4v) is 3.49. The van der Waals surface area contributed by atoms with E-state index < -0.39 is 0 Å². The molecule has 142 valence electrons. The minimum atomic E-state index is -0.372. The van der Waals surface area contributed by atoms with Crippen molar-refractivity contribution in [2.75, 3.05) is 12.4 Å². The molecule has 4 aromatic rings. The number of benzene rings is 2. The van der Waals surface area contributed by atoms with Crippen LogP contribution >= 0.6 is 23.4 Å². The highest BCUT2D eigenvalue weighted by Crippen LogP contribution is 2.29. The smallest absolute Gasteiger partial charge is 0.336 e. The molecule has 0 saturated carbocycles. The summed E-state index contributed by atoms with van der Waals surface area (Å²) in [6, 6.07) is 14.2. The van der Waals surface area contributed by atoms with E-state index in [1.165, 1.54) is 17.8 Å². The summed E-state index contributed by atoms with van der Waals surface area (Å²) in [6.07, 6.45) is 0. The van der Waals surface area contributed by atoms with Crippen molar-refractivity contribution in [3.8, 4) is 17.2 Å². The lowest BCUT2D eigenvalue weighted by Gasteiger charge is -2.06. The number of hydrogen-bond acceptors (Lipinski definition) is 7. The number of ether oxygens (including phenoxy) is 1. The standard InChI is InChI=1S/C20H15ClN2O4S/c1-12-10-18(24)26-17-11-13(6-7-14(12)17)25-8-9-28-20-23-22-19(27-20)15-4-2-3-5-16(15)21/h2-7,10-11H,8-9H2,1H3. The Morgan fingerprint density at radius 3 is 2.82 bits per heavy atom. The first-order valence-corrected chi connectivity index (χ1v) is 9.85. The molecule has 0 saturated heterocycles. The second kappa shape index (κ2) is 8.08. The topological polar surface area (TPSA) is 78.4 Å². The van der Waals surface area contributed by atoms with Crippen molar-refractivity contribution < 1.29 is 13.6 Å². The molecule has 28 heavy (non-hydrogen) atoms. The van der Waals surface area contributed by atoms with E-state index in [0.29, 0.717) is 45.4 Å². The summed E-state index contributed by atoms with van der Waals surface area (Å²) >= 11 is 7.53. The molecule has 2 aromatic carbocycles. The molecule has 0 spiro atoms. The lowest BCUT2D eigenvalue weighted by atomic mass is 10.1. The van der Waals surface area contributed by atoms with E-state index in [4.69, 9.17) is 25.2 Å². The molecule has 0 radical (unpaired) electrons. The van der Waals surface area contributed by atoms with Crippen molar-refractivity contribution in [3.63, 3.8) is 0 Å². The van der Waals surface area contributed by atoms with Crippen molar-refractivity contribution in [1.29, 1.82) is 0 Å². The fraction of sp³-hybridized carbons (Fsp3) is 0.150. The number of thioether (sulfide) groups is 1. The zero-order valence-corrected chi connectivity index (χ0v) is 16.4. The molecule has 4 rings (SSSR count). The lowest BCUT2D eigenvalue weighted by Crippen LogP contribution is -2.01. The van der Waals surface area contributed by atoms with Crippen LogP contribution in [0.25, 0.3) is 22.4 Å². The molecule has 0 unspecified atom stereocenters. The van der Waals surface area contributed by atoms with Gasteiger partial charge in [0, 0.05) is 23.3 Å². The molecular weight excluding hydrogens is 400 g/mol. The van der Waals surface area contributed by atoms with Crippen LogP contribution in [0.5, 0.6) is 5.75 Å². The number of halogens is 1. The van der Waals surface area contributed by atoms with Crippen molar-refractivity contribution in [1.82, 2.24) is 10.2 Å². The highest BCUT2D eigenvalue weighted by atomic mass is 35.5. The van der Waals surface area contributed by atoms with E-state index in [1.807, 2.05) is 37.3 Å². The SMILES string of the molecule is Cc1cc(=O)oc2cc(OCCSc3nnc(-c4ccccc4Cl)o3)ccc12. The van der Waals surface area contributed by atoms with E-state index in [2.05, 4.69) is 10.2 Å². The Morgan fingerprint density at radius 1 is 1.11 bits per heavy atom. The molecule has 0 bridgehead atoms. The summed E-state index contributed by atoms with van der Waals surface area (Å²) in [5.41, 5.74) is 1.71. The first-order chi connectivity index (χ1) is 13.6. The van der Waals surface area contributed by atoms with Crippen LogP contribution in [0.2, 0.25) is 5.02 Å². The van der Waals surface area contributed by atoms with E-state index >= 15 is 0 Å². The molecule has 0 atom stereocenters. The van der Waals surface area contributed by atoms with Crippen molar-refractivity contribution >= 4 is 34.3 Å². The van der Waals surface area contributed by atoms with Crippen LogP contribution in [0, 0.1) is 6.92 Å². The van der Waals surface area contributed by atoms with Gasteiger partial charge < -0.3 is 13.6 Å². The normalized spacial score (nSPS) is 11.1. The molecule has 6 nitrogen and oxygen atoms in total. The molecule has 2 aromatic heterocycles. The monoisotopic (exact) mass is 414 g/mol. The highest BCUT2D eigenvalue weighted by molar-refractivity contribution is 7.99. The third-order valence-electron chi connectivity index (χ3n) is 4.01. The molecule has 0 amide bonds. The predicted molar refractivity (Wildman–Crippen MR) is 108 cm³/mol. The quantitative estimate of drug-likeness (QED) is 0.250. The molecule has 0 aliphatic carbocycles. The molecule has 8 heteroatoms. The van der Waals surface area contributed by atoms with Crippen molar-refractivity contribution in [2.24, 2.45) is 0 Å². The third-order valence-corrected chi connectivity index (χ3v) is 5.12. The largest absolute Gasteiger partial charge is 0.493 e. The minimum Gasteiger partial charge on any atom is -0.493 e. The molecule has 0 aliphatic rings. The zero-order valence-electron chi connectivity index (χ0n) is 14.8. The van der Waals surface area contributed by atoms with E-state index in [0.717, 1.165) is 10.9 Å². The van der Waals surface area contributed by atoms with Gasteiger partial charge in [-0.1, -0.05) is 35.5 Å². The Hall–Kier alpha value is -2.77. The summed E-state index contributed by atoms with van der Waals surface area (Å²) in [4.78, 5) is 11.5. The molecule has 0 fully saturated rings. The maximum absolute atomic E-state index is 11.5. The Balaban J connectivity index is 1.36. The van der Waals surface area contributed by atoms with Gasteiger partial charge in [-0.15, -0.1) is 10.2 Å². The lowest BCUT2D eigenvalue weighted by molar-refractivity contribution is 0.343. The predicted octanol–water partition coefficient (Wildman–Crippen LogP) is 4.98. The summed E-state index contributed by atoms with van der Waals surface area (Å²) in [5, 5.41) is 9.94. The summed E-state index contributed by atoms with van der Waals surface area (Å²) in [6.45, 7) is 2.30. The Bertz CT molecular complexity index is 1190. The van der Waals surface area contributed by atoms with Gasteiger partial charge in [-0.2, -0.15) is 0 Å². The van der Waals surface area contributed by atoms with E-state index in [9.17, 15) is 4.79 Å². The van der Waals surface area contributed by atoms with Crippen molar-refractivity contribution in [2.45, 2.75) is 12.1 Å². The first kappa shape index (κ1) is 18.6. The Morgan fingerprint density at radius 2 is 1.96 bits per heavy atom. The number of aromatic nitrogens is 2. The Kier molecular flexibility index (Phi) is 5.36. The van der Waals surface area contributed by atoms with Gasteiger partial charge in [-0.05, 0) is 36.8 Å². The van der Waals surface area contributed by atoms with Crippen molar-refractivity contribution in [3.05, 3.63) is 69.5 Å². The molecular formula is C20H15ClN2O4S. The third kappa shape index (κ3) is 4.05. The summed E-state index contributed by atoms with van der Waals surface area (Å²) < 4.78 is 16.6.